The third-order valence-corrected chi connectivity index (χ3v) is 3.99. The molecule has 0 aromatic carbocycles. The van der Waals surface area contributed by atoms with Crippen LogP contribution in [-0.4, -0.2) is 53.9 Å². The van der Waals surface area contributed by atoms with Crippen LogP contribution in [0.25, 0.3) is 0 Å². The molecule has 7 heteroatoms. The Labute approximate surface area is 110 Å². The average molecular weight is 280 g/mol. The van der Waals surface area contributed by atoms with Crippen molar-refractivity contribution in [3.8, 4) is 0 Å². The van der Waals surface area contributed by atoms with E-state index in [9.17, 15) is 23.1 Å². The fourth-order valence-corrected chi connectivity index (χ4v) is 2.82. The van der Waals surface area contributed by atoms with Crippen LogP contribution < -0.4 is 5.32 Å². The number of amides is 1. The van der Waals surface area contributed by atoms with Crippen molar-refractivity contribution >= 4 is 5.91 Å². The van der Waals surface area contributed by atoms with E-state index in [1.165, 1.54) is 0 Å². The van der Waals surface area contributed by atoms with Gasteiger partial charge in [-0.15, -0.1) is 0 Å². The molecule has 2 fully saturated rings. The number of nitrogens with one attached hydrogen (secondary N) is 1. The zero-order chi connectivity index (χ0) is 14.0. The van der Waals surface area contributed by atoms with E-state index in [-0.39, 0.29) is 24.8 Å². The first kappa shape index (κ1) is 14.6. The van der Waals surface area contributed by atoms with Crippen LogP contribution in [0.3, 0.4) is 0 Å². The lowest BCUT2D eigenvalue weighted by atomic mass is 9.90. The van der Waals surface area contributed by atoms with Crippen LogP contribution >= 0.6 is 0 Å². The minimum atomic E-state index is -4.57. The van der Waals surface area contributed by atoms with Crippen LogP contribution in [0.4, 0.5) is 13.2 Å². The second-order valence-corrected chi connectivity index (χ2v) is 5.30. The Kier molecular flexibility index (Phi) is 4.35. The van der Waals surface area contributed by atoms with Gasteiger partial charge in [-0.25, -0.2) is 0 Å². The molecule has 110 valence electrons. The number of piperidine rings is 1. The molecule has 0 spiro atoms. The van der Waals surface area contributed by atoms with Gasteiger partial charge in [0.1, 0.15) is 0 Å². The van der Waals surface area contributed by atoms with Crippen molar-refractivity contribution < 1.29 is 23.1 Å². The van der Waals surface area contributed by atoms with Gasteiger partial charge in [0, 0.05) is 13.1 Å². The van der Waals surface area contributed by atoms with E-state index < -0.39 is 18.2 Å². The summed E-state index contributed by atoms with van der Waals surface area (Å²) in [6, 6.07) is -0.177. The van der Waals surface area contributed by atoms with Crippen molar-refractivity contribution in [2.24, 2.45) is 5.92 Å². The first-order valence-electron chi connectivity index (χ1n) is 6.66. The van der Waals surface area contributed by atoms with E-state index in [0.29, 0.717) is 13.1 Å². The Hall–Kier alpha value is -0.820. The number of hydrogen-bond acceptors (Lipinski definition) is 3. The highest BCUT2D eigenvalue weighted by molar-refractivity contribution is 5.82. The summed E-state index contributed by atoms with van der Waals surface area (Å²) in [6.07, 6.45) is -4.67. The van der Waals surface area contributed by atoms with Crippen molar-refractivity contribution in [1.29, 1.82) is 0 Å². The van der Waals surface area contributed by atoms with Gasteiger partial charge in [-0.1, -0.05) is 0 Å². The molecule has 2 saturated heterocycles. The molecule has 0 bridgehead atoms. The number of aliphatic hydroxyl groups excluding tert-OH is 1. The van der Waals surface area contributed by atoms with Crippen molar-refractivity contribution in [3.63, 3.8) is 0 Å². The molecule has 1 amide bonds. The van der Waals surface area contributed by atoms with Crippen molar-refractivity contribution in [2.45, 2.75) is 44.0 Å². The second-order valence-electron chi connectivity index (χ2n) is 5.30. The summed E-state index contributed by atoms with van der Waals surface area (Å²) in [6.45, 7) is 1.42. The fourth-order valence-electron chi connectivity index (χ4n) is 2.82. The van der Waals surface area contributed by atoms with E-state index >= 15 is 0 Å². The van der Waals surface area contributed by atoms with Crippen molar-refractivity contribution in [2.75, 3.05) is 19.6 Å². The molecular formula is C12H19F3N2O2. The number of alkyl halides is 3. The van der Waals surface area contributed by atoms with Crippen molar-refractivity contribution in [3.05, 3.63) is 0 Å². The third kappa shape index (κ3) is 3.39. The number of aliphatic hydroxyl groups is 1. The van der Waals surface area contributed by atoms with Gasteiger partial charge in [-0.2, -0.15) is 13.2 Å². The minimum absolute atomic E-state index is 0.0163. The molecular weight excluding hydrogens is 261 g/mol. The largest absolute Gasteiger partial charge is 0.414 e. The van der Waals surface area contributed by atoms with Gasteiger partial charge < -0.3 is 15.3 Å². The van der Waals surface area contributed by atoms with Gasteiger partial charge >= 0.3 is 6.18 Å². The van der Waals surface area contributed by atoms with E-state index in [1.54, 1.807) is 4.90 Å². The molecule has 0 aromatic heterocycles. The first-order chi connectivity index (χ1) is 8.89. The van der Waals surface area contributed by atoms with Gasteiger partial charge in [0.2, 0.25) is 5.91 Å². The summed E-state index contributed by atoms with van der Waals surface area (Å²) in [5, 5.41) is 12.3. The summed E-state index contributed by atoms with van der Waals surface area (Å²) < 4.78 is 37.2. The lowest BCUT2D eigenvalue weighted by Gasteiger charge is -2.35. The number of likely N-dealkylation sites (tertiary alicyclic amines) is 1. The monoisotopic (exact) mass is 280 g/mol. The standard InChI is InChI=1S/C12H19F3N2O2/c13-12(14,15)10(18)8-3-6-17(7-4-8)11(19)9-2-1-5-16-9/h8-10,16,18H,1-7H2/t9-,10+/m0/s1. The molecule has 2 N–H and O–H groups in total. The SMILES string of the molecule is O=C([C@@H]1CCCN1)N1CCC([C@@H](O)C(F)(F)F)CC1. The maximum Gasteiger partial charge on any atom is 0.414 e. The lowest BCUT2D eigenvalue weighted by Crippen LogP contribution is -2.49. The van der Waals surface area contributed by atoms with Gasteiger partial charge in [-0.3, -0.25) is 4.79 Å². The van der Waals surface area contributed by atoms with Crippen molar-refractivity contribution in [1.82, 2.24) is 10.2 Å². The molecule has 2 aliphatic heterocycles. The minimum Gasteiger partial charge on any atom is -0.383 e. The maximum atomic E-state index is 12.4. The Morgan fingerprint density at radius 2 is 1.89 bits per heavy atom. The zero-order valence-corrected chi connectivity index (χ0v) is 10.6. The highest BCUT2D eigenvalue weighted by atomic mass is 19.4. The molecule has 0 unspecified atom stereocenters. The molecule has 0 radical (unpaired) electrons. The van der Waals surface area contributed by atoms with E-state index in [2.05, 4.69) is 5.32 Å². The molecule has 0 aliphatic carbocycles. The predicted molar refractivity (Wildman–Crippen MR) is 62.4 cm³/mol. The molecule has 2 rings (SSSR count). The fraction of sp³-hybridized carbons (Fsp3) is 0.917. The Morgan fingerprint density at radius 3 is 2.37 bits per heavy atom. The Bertz CT molecular complexity index is 321. The number of carbonyl (C=O) groups is 1. The molecule has 2 aliphatic rings. The van der Waals surface area contributed by atoms with Crippen LogP contribution in [-0.2, 0) is 4.79 Å². The summed E-state index contributed by atoms with van der Waals surface area (Å²) in [4.78, 5) is 13.7. The maximum absolute atomic E-state index is 12.4. The number of halogens is 3. The zero-order valence-electron chi connectivity index (χ0n) is 10.6. The van der Waals surface area contributed by atoms with E-state index in [4.69, 9.17) is 0 Å². The van der Waals surface area contributed by atoms with Crippen LogP contribution in [0.15, 0.2) is 0 Å². The number of nitrogens with zero attached hydrogens (tertiary/aromatic N) is 1. The number of rotatable bonds is 2. The normalized spacial score (nSPS) is 27.6. The molecule has 2 heterocycles. The summed E-state index contributed by atoms with van der Waals surface area (Å²) >= 11 is 0. The predicted octanol–water partition coefficient (Wildman–Crippen LogP) is 0.900. The molecule has 0 aromatic rings. The Balaban J connectivity index is 1.83. The van der Waals surface area contributed by atoms with E-state index in [0.717, 1.165) is 19.4 Å². The second kappa shape index (κ2) is 5.66. The van der Waals surface area contributed by atoms with Gasteiger partial charge in [0.25, 0.3) is 0 Å². The molecule has 0 saturated carbocycles. The number of hydrogen-bond donors (Lipinski definition) is 2. The first-order valence-corrected chi connectivity index (χ1v) is 6.66. The number of carbonyl (C=O) groups excluding carboxylic acids is 1. The van der Waals surface area contributed by atoms with Gasteiger partial charge in [0.15, 0.2) is 6.10 Å². The molecule has 2 atom stereocenters. The van der Waals surface area contributed by atoms with Gasteiger partial charge in [0.05, 0.1) is 6.04 Å². The highest BCUT2D eigenvalue weighted by Gasteiger charge is 2.44. The topological polar surface area (TPSA) is 52.6 Å². The van der Waals surface area contributed by atoms with Crippen LogP contribution in [0.5, 0.6) is 0 Å². The molecule has 19 heavy (non-hydrogen) atoms. The Morgan fingerprint density at radius 1 is 1.26 bits per heavy atom. The molecule has 4 nitrogen and oxygen atoms in total. The lowest BCUT2D eigenvalue weighted by molar-refractivity contribution is -0.223. The highest BCUT2D eigenvalue weighted by Crippen LogP contribution is 2.31. The smallest absolute Gasteiger partial charge is 0.383 e. The summed E-state index contributed by atoms with van der Waals surface area (Å²) in [7, 11) is 0. The van der Waals surface area contributed by atoms with E-state index in [1.807, 2.05) is 0 Å². The van der Waals surface area contributed by atoms with Gasteiger partial charge in [-0.05, 0) is 38.1 Å². The average Bonchev–Trinajstić information content (AvgIpc) is 2.90. The summed E-state index contributed by atoms with van der Waals surface area (Å²) in [5.74, 6) is -0.807. The van der Waals surface area contributed by atoms with Crippen LogP contribution in [0, 0.1) is 5.92 Å². The third-order valence-electron chi connectivity index (χ3n) is 3.99. The van der Waals surface area contributed by atoms with Crippen LogP contribution in [0.1, 0.15) is 25.7 Å². The summed E-state index contributed by atoms with van der Waals surface area (Å²) in [5.41, 5.74) is 0. The quantitative estimate of drug-likeness (QED) is 0.790. The van der Waals surface area contributed by atoms with Crippen LogP contribution in [0.2, 0.25) is 0 Å².